The molecule has 0 fully saturated rings. The number of aromatic nitrogens is 5. The van der Waals surface area contributed by atoms with E-state index in [0.717, 1.165) is 29.8 Å². The zero-order valence-corrected chi connectivity index (χ0v) is 9.94. The van der Waals surface area contributed by atoms with Crippen LogP contribution < -0.4 is 0 Å². The zero-order valence-electron chi connectivity index (χ0n) is 9.18. The SMILES string of the molecule is CCCc1c(Cl)ncnc1-c1cnnn1C. The topological polar surface area (TPSA) is 56.5 Å². The highest BCUT2D eigenvalue weighted by Crippen LogP contribution is 2.25. The molecule has 16 heavy (non-hydrogen) atoms. The largest absolute Gasteiger partial charge is 0.246 e. The molecule has 2 heterocycles. The second-order valence-electron chi connectivity index (χ2n) is 3.48. The summed E-state index contributed by atoms with van der Waals surface area (Å²) >= 11 is 6.08. The predicted octanol–water partition coefficient (Wildman–Crippen LogP) is 1.88. The van der Waals surface area contributed by atoms with Crippen LogP contribution in [0.15, 0.2) is 12.5 Å². The minimum Gasteiger partial charge on any atom is -0.246 e. The van der Waals surface area contributed by atoms with Gasteiger partial charge < -0.3 is 0 Å². The molecule has 0 aromatic carbocycles. The van der Waals surface area contributed by atoms with Crippen molar-refractivity contribution < 1.29 is 0 Å². The number of rotatable bonds is 3. The van der Waals surface area contributed by atoms with Crippen LogP contribution in [0.5, 0.6) is 0 Å². The Hall–Kier alpha value is -1.49. The Balaban J connectivity index is 2.56. The summed E-state index contributed by atoms with van der Waals surface area (Å²) in [6.45, 7) is 2.09. The van der Waals surface area contributed by atoms with E-state index >= 15 is 0 Å². The quantitative estimate of drug-likeness (QED) is 0.765. The highest BCUT2D eigenvalue weighted by Gasteiger charge is 2.14. The molecule has 0 aliphatic carbocycles. The molecule has 0 amide bonds. The molecule has 0 bridgehead atoms. The van der Waals surface area contributed by atoms with Gasteiger partial charge >= 0.3 is 0 Å². The van der Waals surface area contributed by atoms with Gasteiger partial charge in [0.1, 0.15) is 17.2 Å². The predicted molar refractivity (Wildman–Crippen MR) is 61.0 cm³/mol. The van der Waals surface area contributed by atoms with E-state index in [1.807, 2.05) is 7.05 Å². The minimum atomic E-state index is 0.507. The van der Waals surface area contributed by atoms with E-state index in [2.05, 4.69) is 27.2 Å². The fraction of sp³-hybridized carbons (Fsp3) is 0.400. The summed E-state index contributed by atoms with van der Waals surface area (Å²) in [5.74, 6) is 0. The lowest BCUT2D eigenvalue weighted by Gasteiger charge is -2.07. The summed E-state index contributed by atoms with van der Waals surface area (Å²) in [7, 11) is 1.83. The Morgan fingerprint density at radius 2 is 2.19 bits per heavy atom. The van der Waals surface area contributed by atoms with Crippen LogP contribution in [0.4, 0.5) is 0 Å². The van der Waals surface area contributed by atoms with E-state index in [-0.39, 0.29) is 0 Å². The van der Waals surface area contributed by atoms with Gasteiger partial charge in [-0.05, 0) is 6.42 Å². The molecule has 0 atom stereocenters. The van der Waals surface area contributed by atoms with E-state index in [9.17, 15) is 0 Å². The monoisotopic (exact) mass is 237 g/mol. The highest BCUT2D eigenvalue weighted by atomic mass is 35.5. The number of hydrogen-bond donors (Lipinski definition) is 0. The zero-order chi connectivity index (χ0) is 11.5. The normalized spacial score (nSPS) is 10.7. The van der Waals surface area contributed by atoms with Gasteiger partial charge in [0.25, 0.3) is 0 Å². The second-order valence-corrected chi connectivity index (χ2v) is 3.84. The molecule has 0 N–H and O–H groups in total. The van der Waals surface area contributed by atoms with E-state index < -0.39 is 0 Å². The Morgan fingerprint density at radius 3 is 2.81 bits per heavy atom. The Labute approximate surface area is 98.5 Å². The summed E-state index contributed by atoms with van der Waals surface area (Å²) < 4.78 is 1.68. The number of halogens is 1. The van der Waals surface area contributed by atoms with Gasteiger partial charge in [-0.15, -0.1) is 5.10 Å². The van der Waals surface area contributed by atoms with Crippen LogP contribution in [-0.4, -0.2) is 25.0 Å². The molecule has 0 aliphatic rings. The second kappa shape index (κ2) is 4.57. The summed E-state index contributed by atoms with van der Waals surface area (Å²) in [6, 6.07) is 0. The van der Waals surface area contributed by atoms with Crippen molar-refractivity contribution in [2.75, 3.05) is 0 Å². The molecule has 0 saturated heterocycles. The molecule has 2 aromatic rings. The molecular formula is C10H12ClN5. The lowest BCUT2D eigenvalue weighted by Crippen LogP contribution is -2.01. The van der Waals surface area contributed by atoms with Crippen molar-refractivity contribution in [3.63, 3.8) is 0 Å². The van der Waals surface area contributed by atoms with Crippen LogP contribution in [0.25, 0.3) is 11.4 Å². The van der Waals surface area contributed by atoms with Crippen molar-refractivity contribution in [3.8, 4) is 11.4 Å². The van der Waals surface area contributed by atoms with Gasteiger partial charge in [0.15, 0.2) is 0 Å². The van der Waals surface area contributed by atoms with Gasteiger partial charge in [0.2, 0.25) is 0 Å². The summed E-state index contributed by atoms with van der Waals surface area (Å²) in [5.41, 5.74) is 2.62. The van der Waals surface area contributed by atoms with Gasteiger partial charge in [-0.3, -0.25) is 0 Å². The van der Waals surface area contributed by atoms with Crippen molar-refractivity contribution in [2.24, 2.45) is 7.05 Å². The molecule has 0 saturated carbocycles. The van der Waals surface area contributed by atoms with Crippen molar-refractivity contribution in [2.45, 2.75) is 19.8 Å². The first kappa shape index (κ1) is 11.0. The summed E-state index contributed by atoms with van der Waals surface area (Å²) in [6.07, 6.45) is 4.98. The summed E-state index contributed by atoms with van der Waals surface area (Å²) in [4.78, 5) is 8.27. The molecule has 5 nitrogen and oxygen atoms in total. The minimum absolute atomic E-state index is 0.507. The first-order valence-corrected chi connectivity index (χ1v) is 5.46. The van der Waals surface area contributed by atoms with Gasteiger partial charge in [0.05, 0.1) is 11.9 Å². The van der Waals surface area contributed by atoms with Gasteiger partial charge in [0, 0.05) is 12.6 Å². The molecule has 2 aromatic heterocycles. The van der Waals surface area contributed by atoms with Gasteiger partial charge in [-0.2, -0.15) is 0 Å². The first-order valence-electron chi connectivity index (χ1n) is 5.08. The fourth-order valence-electron chi connectivity index (χ4n) is 1.59. The number of hydrogen-bond acceptors (Lipinski definition) is 4. The van der Waals surface area contributed by atoms with Gasteiger partial charge in [-0.1, -0.05) is 30.2 Å². The van der Waals surface area contributed by atoms with E-state index in [1.165, 1.54) is 6.33 Å². The average Bonchev–Trinajstić information content (AvgIpc) is 2.68. The molecule has 2 rings (SSSR count). The standard InChI is InChI=1S/C10H12ClN5/c1-3-4-7-9(12-6-13-10(7)11)8-5-14-15-16(8)2/h5-6H,3-4H2,1-2H3. The molecule has 0 spiro atoms. The molecule has 0 aliphatic heterocycles. The lowest BCUT2D eigenvalue weighted by molar-refractivity contribution is 0.717. The molecule has 6 heteroatoms. The number of nitrogens with zero attached hydrogens (tertiary/aromatic N) is 5. The van der Waals surface area contributed by atoms with Crippen LogP contribution in [0.3, 0.4) is 0 Å². The number of aryl methyl sites for hydroxylation is 1. The summed E-state index contributed by atoms with van der Waals surface area (Å²) in [5, 5.41) is 8.23. The molecular weight excluding hydrogens is 226 g/mol. The third-order valence-corrected chi connectivity index (χ3v) is 2.68. The molecule has 0 unspecified atom stereocenters. The first-order chi connectivity index (χ1) is 7.74. The van der Waals surface area contributed by atoms with Crippen molar-refractivity contribution in [1.29, 1.82) is 0 Å². The van der Waals surface area contributed by atoms with Crippen molar-refractivity contribution in [1.82, 2.24) is 25.0 Å². The Morgan fingerprint density at radius 1 is 1.38 bits per heavy atom. The Bertz CT molecular complexity index is 494. The van der Waals surface area contributed by atoms with E-state index in [4.69, 9.17) is 11.6 Å². The smallest absolute Gasteiger partial charge is 0.136 e. The highest BCUT2D eigenvalue weighted by molar-refractivity contribution is 6.30. The third-order valence-electron chi connectivity index (χ3n) is 2.35. The maximum Gasteiger partial charge on any atom is 0.136 e. The van der Waals surface area contributed by atoms with E-state index in [0.29, 0.717) is 5.15 Å². The van der Waals surface area contributed by atoms with Crippen LogP contribution >= 0.6 is 11.6 Å². The van der Waals surface area contributed by atoms with Crippen molar-refractivity contribution in [3.05, 3.63) is 23.2 Å². The van der Waals surface area contributed by atoms with Crippen LogP contribution in [-0.2, 0) is 13.5 Å². The van der Waals surface area contributed by atoms with Crippen LogP contribution in [0, 0.1) is 0 Å². The Kier molecular flexibility index (Phi) is 3.14. The lowest BCUT2D eigenvalue weighted by atomic mass is 10.1. The fourth-order valence-corrected chi connectivity index (χ4v) is 1.81. The van der Waals surface area contributed by atoms with Crippen molar-refractivity contribution >= 4 is 11.6 Å². The van der Waals surface area contributed by atoms with Gasteiger partial charge in [-0.25, -0.2) is 14.6 Å². The van der Waals surface area contributed by atoms with E-state index in [1.54, 1.807) is 10.9 Å². The molecule has 84 valence electrons. The average molecular weight is 238 g/mol. The maximum atomic E-state index is 6.08. The van der Waals surface area contributed by atoms with Crippen LogP contribution in [0.2, 0.25) is 5.15 Å². The van der Waals surface area contributed by atoms with Crippen LogP contribution in [0.1, 0.15) is 18.9 Å². The third kappa shape index (κ3) is 1.90. The maximum absolute atomic E-state index is 6.08. The molecule has 0 radical (unpaired) electrons.